The SMILES string of the molecule is CC(=O)Nc1nc(Cl)c2ncn(C3CC(OC(=O)c4ccc(C)cc4)C(COC(=O)c4ccc(C)cc4)O3)c2n1.ClC(Cl)Cl. The summed E-state index contributed by atoms with van der Waals surface area (Å²) in [6.07, 6.45) is -0.535. The van der Waals surface area contributed by atoms with Crippen molar-refractivity contribution in [3.8, 4) is 0 Å². The quantitative estimate of drug-likeness (QED) is 0.133. The summed E-state index contributed by atoms with van der Waals surface area (Å²) in [5.74, 6) is -1.41. The number of nitrogens with zero attached hydrogens (tertiary/aromatic N) is 4. The van der Waals surface area contributed by atoms with Gasteiger partial charge in [0.1, 0.15) is 30.6 Å². The van der Waals surface area contributed by atoms with E-state index in [9.17, 15) is 14.4 Å². The molecule has 1 fully saturated rings. The van der Waals surface area contributed by atoms with Crippen molar-refractivity contribution >= 4 is 81.4 Å². The lowest BCUT2D eigenvalue weighted by Gasteiger charge is -2.19. The van der Waals surface area contributed by atoms with Crippen molar-refractivity contribution in [3.63, 3.8) is 0 Å². The van der Waals surface area contributed by atoms with E-state index in [0.29, 0.717) is 22.3 Å². The highest BCUT2D eigenvalue weighted by Crippen LogP contribution is 2.34. The fraction of sp³-hybridized carbons (Fsp3) is 0.310. The lowest BCUT2D eigenvalue weighted by Crippen LogP contribution is -2.32. The number of anilines is 1. The van der Waals surface area contributed by atoms with Crippen LogP contribution in [0.2, 0.25) is 5.15 Å². The zero-order valence-electron chi connectivity index (χ0n) is 23.7. The van der Waals surface area contributed by atoms with Gasteiger partial charge in [-0.25, -0.2) is 14.6 Å². The van der Waals surface area contributed by atoms with Crippen LogP contribution in [0.1, 0.15) is 51.4 Å². The fourth-order valence-electron chi connectivity index (χ4n) is 4.28. The normalized spacial score (nSPS) is 17.6. The molecule has 3 heterocycles. The van der Waals surface area contributed by atoms with Gasteiger partial charge in [0.2, 0.25) is 11.9 Å². The molecule has 1 saturated heterocycles. The van der Waals surface area contributed by atoms with Gasteiger partial charge in [0.05, 0.1) is 17.5 Å². The van der Waals surface area contributed by atoms with Crippen LogP contribution in [0.4, 0.5) is 5.95 Å². The molecule has 11 nitrogen and oxygen atoms in total. The smallest absolute Gasteiger partial charge is 0.338 e. The van der Waals surface area contributed by atoms with Crippen molar-refractivity contribution in [1.29, 1.82) is 0 Å². The molecular formula is C29H27Cl4N5O6. The van der Waals surface area contributed by atoms with E-state index >= 15 is 0 Å². The van der Waals surface area contributed by atoms with E-state index in [4.69, 9.17) is 60.6 Å². The third kappa shape index (κ3) is 8.80. The van der Waals surface area contributed by atoms with Crippen molar-refractivity contribution in [1.82, 2.24) is 19.5 Å². The number of amides is 1. The van der Waals surface area contributed by atoms with Gasteiger partial charge in [-0.1, -0.05) is 81.8 Å². The molecule has 0 radical (unpaired) electrons. The van der Waals surface area contributed by atoms with Gasteiger partial charge in [-0.15, -0.1) is 0 Å². The standard InChI is InChI=1S/C28H26ClN5O6.CHCl3/c1-15-4-8-18(9-5-15)26(36)38-13-21-20(40-27(37)19-10-6-16(2)7-11-19)12-22(39-21)34-14-30-23-24(29)32-28(31-17(3)35)33-25(23)34;2-1(3)4/h4-11,14,20-22H,12-13H2,1-3H3,(H,31,32,33,35);1H. The van der Waals surface area contributed by atoms with Crippen LogP contribution >= 0.6 is 46.4 Å². The molecule has 2 aromatic carbocycles. The topological polar surface area (TPSA) is 135 Å². The van der Waals surface area contributed by atoms with E-state index in [2.05, 4.69) is 20.3 Å². The first-order valence-electron chi connectivity index (χ1n) is 13.2. The molecule has 15 heteroatoms. The van der Waals surface area contributed by atoms with Crippen LogP contribution in [-0.4, -0.2) is 60.5 Å². The maximum absolute atomic E-state index is 13.0. The van der Waals surface area contributed by atoms with E-state index in [-0.39, 0.29) is 30.0 Å². The number of esters is 2. The van der Waals surface area contributed by atoms with E-state index < -0.39 is 34.7 Å². The third-order valence-corrected chi connectivity index (χ3v) is 6.63. The van der Waals surface area contributed by atoms with E-state index in [1.54, 1.807) is 28.8 Å². The Balaban J connectivity index is 0.00000104. The predicted octanol–water partition coefficient (Wildman–Crippen LogP) is 6.41. The number of imidazole rings is 1. The number of aromatic nitrogens is 4. The molecule has 0 spiro atoms. The Morgan fingerprint density at radius 1 is 0.977 bits per heavy atom. The van der Waals surface area contributed by atoms with Gasteiger partial charge in [-0.2, -0.15) is 9.97 Å². The summed E-state index contributed by atoms with van der Waals surface area (Å²) < 4.78 is 18.5. The summed E-state index contributed by atoms with van der Waals surface area (Å²) in [5, 5.41) is 2.56. The molecular weight excluding hydrogens is 656 g/mol. The summed E-state index contributed by atoms with van der Waals surface area (Å²) in [6, 6.07) is 14.0. The second kappa shape index (κ2) is 15.0. The Morgan fingerprint density at radius 3 is 2.11 bits per heavy atom. The number of nitrogens with one attached hydrogen (secondary N) is 1. The minimum atomic E-state index is -0.779. The molecule has 2 aromatic heterocycles. The summed E-state index contributed by atoms with van der Waals surface area (Å²) >= 11 is 20.7. The Kier molecular flexibility index (Phi) is 11.4. The number of ether oxygens (including phenoxy) is 3. The molecule has 0 saturated carbocycles. The van der Waals surface area contributed by atoms with Gasteiger partial charge in [-0.05, 0) is 38.1 Å². The van der Waals surface area contributed by atoms with Crippen molar-refractivity contribution in [3.05, 3.63) is 82.3 Å². The van der Waals surface area contributed by atoms with Crippen molar-refractivity contribution in [2.45, 2.75) is 49.9 Å². The number of fused-ring (bicyclic) bond motifs is 1. The Hall–Kier alpha value is -3.48. The molecule has 3 atom stereocenters. The van der Waals surface area contributed by atoms with Crippen LogP contribution in [0, 0.1) is 13.8 Å². The molecule has 3 unspecified atom stereocenters. The predicted molar refractivity (Wildman–Crippen MR) is 166 cm³/mol. The van der Waals surface area contributed by atoms with Gasteiger partial charge in [0.15, 0.2) is 15.1 Å². The minimum absolute atomic E-state index is 0.00988. The van der Waals surface area contributed by atoms with E-state index in [1.165, 1.54) is 13.3 Å². The molecule has 44 heavy (non-hydrogen) atoms. The highest BCUT2D eigenvalue weighted by atomic mass is 35.6. The summed E-state index contributed by atoms with van der Waals surface area (Å²) in [4.78, 5) is 49.9. The number of alkyl halides is 3. The minimum Gasteiger partial charge on any atom is -0.459 e. The summed E-state index contributed by atoms with van der Waals surface area (Å²) in [6.45, 7) is 5.01. The summed E-state index contributed by atoms with van der Waals surface area (Å²) in [5.41, 5.74) is 3.42. The monoisotopic (exact) mass is 681 g/mol. The molecule has 0 aliphatic carbocycles. The van der Waals surface area contributed by atoms with E-state index in [0.717, 1.165) is 11.1 Å². The zero-order valence-corrected chi connectivity index (χ0v) is 26.7. The first-order chi connectivity index (χ1) is 20.9. The van der Waals surface area contributed by atoms with Crippen molar-refractivity contribution < 1.29 is 28.6 Å². The molecule has 232 valence electrons. The molecule has 1 amide bonds. The van der Waals surface area contributed by atoms with Crippen LogP contribution < -0.4 is 5.32 Å². The number of carbonyl (C=O) groups excluding carboxylic acids is 3. The second-order valence-electron chi connectivity index (χ2n) is 9.73. The lowest BCUT2D eigenvalue weighted by atomic mass is 10.1. The molecule has 4 aromatic rings. The molecule has 1 aliphatic rings. The number of hydrogen-bond donors (Lipinski definition) is 1. The van der Waals surface area contributed by atoms with Gasteiger partial charge in [0.25, 0.3) is 0 Å². The van der Waals surface area contributed by atoms with Gasteiger partial charge in [-0.3, -0.25) is 14.7 Å². The van der Waals surface area contributed by atoms with Gasteiger partial charge in [0, 0.05) is 13.3 Å². The van der Waals surface area contributed by atoms with Gasteiger partial charge < -0.3 is 14.2 Å². The number of hydrogen-bond acceptors (Lipinski definition) is 9. The maximum Gasteiger partial charge on any atom is 0.338 e. The number of rotatable bonds is 7. The molecule has 0 bridgehead atoms. The van der Waals surface area contributed by atoms with Crippen LogP contribution in [0.3, 0.4) is 0 Å². The number of benzene rings is 2. The Labute approximate surface area is 272 Å². The van der Waals surface area contributed by atoms with Crippen molar-refractivity contribution in [2.24, 2.45) is 0 Å². The first-order valence-corrected chi connectivity index (χ1v) is 14.9. The average molecular weight is 683 g/mol. The molecule has 1 N–H and O–H groups in total. The molecule has 1 aliphatic heterocycles. The Morgan fingerprint density at radius 2 is 1.55 bits per heavy atom. The van der Waals surface area contributed by atoms with Crippen LogP contribution in [0.15, 0.2) is 54.9 Å². The lowest BCUT2D eigenvalue weighted by molar-refractivity contribution is -0.114. The summed E-state index contributed by atoms with van der Waals surface area (Å²) in [7, 11) is 0. The van der Waals surface area contributed by atoms with Crippen LogP contribution in [0.25, 0.3) is 11.2 Å². The third-order valence-electron chi connectivity index (χ3n) is 6.37. The van der Waals surface area contributed by atoms with E-state index in [1.807, 2.05) is 38.1 Å². The van der Waals surface area contributed by atoms with Crippen molar-refractivity contribution in [2.75, 3.05) is 11.9 Å². The highest BCUT2D eigenvalue weighted by Gasteiger charge is 2.41. The second-order valence-corrected chi connectivity index (χ2v) is 12.1. The average Bonchev–Trinajstić information content (AvgIpc) is 3.56. The maximum atomic E-state index is 13.0. The Bertz CT molecular complexity index is 1630. The number of halogens is 4. The number of aryl methyl sites for hydroxylation is 2. The number of carbonyl (C=O) groups is 3. The largest absolute Gasteiger partial charge is 0.459 e. The van der Waals surface area contributed by atoms with Crippen LogP contribution in [0.5, 0.6) is 0 Å². The van der Waals surface area contributed by atoms with Crippen LogP contribution in [-0.2, 0) is 19.0 Å². The molecule has 5 rings (SSSR count). The zero-order chi connectivity index (χ0) is 32.0. The first kappa shape index (κ1) is 33.4. The highest BCUT2D eigenvalue weighted by molar-refractivity contribution is 6.63. The fourth-order valence-corrected chi connectivity index (χ4v) is 4.49. The van der Waals surface area contributed by atoms with Gasteiger partial charge >= 0.3 is 11.9 Å².